The molecule has 0 bridgehead atoms. The highest BCUT2D eigenvalue weighted by Crippen LogP contribution is 2.31. The molecule has 0 unspecified atom stereocenters. The molecule has 0 aliphatic heterocycles. The van der Waals surface area contributed by atoms with E-state index in [2.05, 4.69) is 48.3 Å². The van der Waals surface area contributed by atoms with Gasteiger partial charge in [-0.05, 0) is 82.1 Å². The Morgan fingerprint density at radius 1 is 0.750 bits per heavy atom. The van der Waals surface area contributed by atoms with Crippen molar-refractivity contribution in [3.8, 4) is 22.3 Å². The largest absolute Gasteiger partial charge is 0.368 e. The van der Waals surface area contributed by atoms with Gasteiger partial charge in [0.1, 0.15) is 17.5 Å². The number of aryl methyl sites for hydroxylation is 1. The van der Waals surface area contributed by atoms with Gasteiger partial charge in [-0.3, -0.25) is 0 Å². The zero-order chi connectivity index (χ0) is 20.3. The Morgan fingerprint density at radius 2 is 1.25 bits per heavy atom. The fourth-order valence-electron chi connectivity index (χ4n) is 3.08. The summed E-state index contributed by atoms with van der Waals surface area (Å²) in [6, 6.07) is 11.7. The smallest absolute Gasteiger partial charge is 0.131 e. The summed E-state index contributed by atoms with van der Waals surface area (Å²) in [5.74, 6) is 1.33. The third-order valence-electron chi connectivity index (χ3n) is 4.34. The van der Waals surface area contributed by atoms with Gasteiger partial charge in [-0.15, -0.1) is 0 Å². The highest BCUT2D eigenvalue weighted by molar-refractivity contribution is 5.74. The summed E-state index contributed by atoms with van der Waals surface area (Å²) in [5, 5.41) is 6.50. The van der Waals surface area contributed by atoms with Crippen molar-refractivity contribution in [1.82, 2.24) is 9.97 Å². The Morgan fingerprint density at radius 3 is 1.68 bits per heavy atom. The number of hydrogen-bond donors (Lipinski definition) is 2. The number of nitrogens with zero attached hydrogens (tertiary/aromatic N) is 2. The Labute approximate surface area is 166 Å². The van der Waals surface area contributed by atoms with Crippen LogP contribution in [0.25, 0.3) is 22.3 Å². The molecule has 2 heterocycles. The lowest BCUT2D eigenvalue weighted by Crippen LogP contribution is -2.10. The van der Waals surface area contributed by atoms with Gasteiger partial charge in [0.15, 0.2) is 0 Å². The van der Waals surface area contributed by atoms with Gasteiger partial charge in [0.2, 0.25) is 0 Å². The van der Waals surface area contributed by atoms with E-state index in [1.165, 1.54) is 0 Å². The van der Waals surface area contributed by atoms with Crippen LogP contribution in [0.1, 0.15) is 33.3 Å². The van der Waals surface area contributed by atoms with Crippen molar-refractivity contribution in [2.75, 3.05) is 10.6 Å². The van der Waals surface area contributed by atoms with Crippen LogP contribution >= 0.6 is 0 Å². The van der Waals surface area contributed by atoms with Crippen molar-refractivity contribution in [1.29, 1.82) is 0 Å². The fourth-order valence-corrected chi connectivity index (χ4v) is 3.08. The maximum atomic E-state index is 14.9. The molecule has 2 N–H and O–H groups in total. The Balaban J connectivity index is 1.88. The minimum absolute atomic E-state index is 0.267. The van der Waals surface area contributed by atoms with E-state index in [0.29, 0.717) is 17.6 Å². The molecule has 0 aliphatic rings. The molecule has 0 spiro atoms. The number of anilines is 2. The van der Waals surface area contributed by atoms with Gasteiger partial charge in [0.25, 0.3) is 0 Å². The molecule has 146 valence electrons. The van der Waals surface area contributed by atoms with Crippen LogP contribution in [-0.4, -0.2) is 22.1 Å². The summed E-state index contributed by atoms with van der Waals surface area (Å²) in [5.41, 5.74) is 4.04. The molecule has 5 heteroatoms. The number of aromatic nitrogens is 2. The lowest BCUT2D eigenvalue weighted by atomic mass is 9.96. The minimum atomic E-state index is -0.267. The van der Waals surface area contributed by atoms with E-state index in [0.717, 1.165) is 33.9 Å². The van der Waals surface area contributed by atoms with Crippen LogP contribution in [0.2, 0.25) is 0 Å². The second-order valence-electron chi connectivity index (χ2n) is 7.61. The number of halogens is 1. The molecule has 0 amide bonds. The van der Waals surface area contributed by atoms with E-state index < -0.39 is 0 Å². The van der Waals surface area contributed by atoms with Crippen molar-refractivity contribution in [3.63, 3.8) is 0 Å². The van der Waals surface area contributed by atoms with E-state index in [9.17, 15) is 4.39 Å². The molecule has 28 heavy (non-hydrogen) atoms. The van der Waals surface area contributed by atoms with Crippen LogP contribution in [-0.2, 0) is 0 Å². The number of rotatable bonds is 6. The molecule has 3 rings (SSSR count). The minimum Gasteiger partial charge on any atom is -0.368 e. The van der Waals surface area contributed by atoms with Gasteiger partial charge in [-0.1, -0.05) is 0 Å². The molecule has 0 fully saturated rings. The van der Waals surface area contributed by atoms with Crippen molar-refractivity contribution in [2.24, 2.45) is 0 Å². The average molecular weight is 378 g/mol. The first-order chi connectivity index (χ1) is 13.3. The second kappa shape index (κ2) is 8.38. The molecule has 0 saturated carbocycles. The van der Waals surface area contributed by atoms with Gasteiger partial charge in [0, 0.05) is 41.2 Å². The molecule has 3 aromatic rings. The molecule has 4 nitrogen and oxygen atoms in total. The first kappa shape index (κ1) is 19.8. The third-order valence-corrected chi connectivity index (χ3v) is 4.34. The Bertz CT molecular complexity index is 853. The highest BCUT2D eigenvalue weighted by atomic mass is 19.1. The van der Waals surface area contributed by atoms with Gasteiger partial charge in [-0.25, -0.2) is 14.4 Å². The zero-order valence-electron chi connectivity index (χ0n) is 17.0. The predicted octanol–water partition coefficient (Wildman–Crippen LogP) is 5.90. The van der Waals surface area contributed by atoms with Crippen LogP contribution in [0.4, 0.5) is 16.0 Å². The van der Waals surface area contributed by atoms with Crippen LogP contribution in [0, 0.1) is 12.7 Å². The van der Waals surface area contributed by atoms with E-state index in [1.54, 1.807) is 18.5 Å². The van der Waals surface area contributed by atoms with Crippen molar-refractivity contribution >= 4 is 11.6 Å². The monoisotopic (exact) mass is 378 g/mol. The first-order valence-corrected chi connectivity index (χ1v) is 9.59. The summed E-state index contributed by atoms with van der Waals surface area (Å²) in [6.45, 7) is 10.2. The lowest BCUT2D eigenvalue weighted by molar-refractivity contribution is 0.631. The van der Waals surface area contributed by atoms with E-state index in [1.807, 2.05) is 37.3 Å². The highest BCUT2D eigenvalue weighted by Gasteiger charge is 2.12. The summed E-state index contributed by atoms with van der Waals surface area (Å²) in [6.07, 6.45) is 3.48. The van der Waals surface area contributed by atoms with E-state index >= 15 is 0 Å². The van der Waals surface area contributed by atoms with Gasteiger partial charge >= 0.3 is 0 Å². The topological polar surface area (TPSA) is 49.8 Å². The van der Waals surface area contributed by atoms with E-state index in [4.69, 9.17) is 0 Å². The SMILES string of the molecule is Cc1cc(-c2ccc(NC(C)C)nc2)c(F)cc1-c1ccc(NC(C)C)nc1. The fraction of sp³-hybridized carbons (Fsp3) is 0.304. The molecular formula is C23H27FN4. The molecule has 0 aliphatic carbocycles. The number of pyridine rings is 2. The van der Waals surface area contributed by atoms with E-state index in [-0.39, 0.29) is 5.82 Å². The number of hydrogen-bond acceptors (Lipinski definition) is 4. The summed E-state index contributed by atoms with van der Waals surface area (Å²) in [4.78, 5) is 8.81. The molecule has 0 saturated heterocycles. The van der Waals surface area contributed by atoms with Gasteiger partial charge in [0.05, 0.1) is 0 Å². The lowest BCUT2D eigenvalue weighted by Gasteiger charge is -2.13. The quantitative estimate of drug-likeness (QED) is 0.561. The number of nitrogens with one attached hydrogen (secondary N) is 2. The normalized spacial score (nSPS) is 11.1. The molecule has 2 aromatic heterocycles. The van der Waals surface area contributed by atoms with Crippen LogP contribution < -0.4 is 10.6 Å². The Hall–Kier alpha value is -2.95. The standard InChI is InChI=1S/C23H27FN4/c1-14(2)27-22-8-6-17(12-25-22)19-11-21(24)20(10-16(19)5)18-7-9-23(26-13-18)28-15(3)4/h6-15H,1-5H3,(H,25,27)(H,26,28). The van der Waals surface area contributed by atoms with Gasteiger partial charge in [-0.2, -0.15) is 0 Å². The molecular weight excluding hydrogens is 351 g/mol. The second-order valence-corrected chi connectivity index (χ2v) is 7.61. The number of benzene rings is 1. The van der Waals surface area contributed by atoms with Crippen LogP contribution in [0.15, 0.2) is 48.8 Å². The maximum absolute atomic E-state index is 14.9. The average Bonchev–Trinajstić information content (AvgIpc) is 2.64. The summed E-state index contributed by atoms with van der Waals surface area (Å²) >= 11 is 0. The van der Waals surface area contributed by atoms with Gasteiger partial charge < -0.3 is 10.6 Å². The molecule has 0 atom stereocenters. The van der Waals surface area contributed by atoms with Crippen molar-refractivity contribution in [3.05, 3.63) is 60.2 Å². The van der Waals surface area contributed by atoms with Crippen molar-refractivity contribution in [2.45, 2.75) is 46.7 Å². The molecule has 0 radical (unpaired) electrons. The zero-order valence-corrected chi connectivity index (χ0v) is 17.0. The molecule has 1 aromatic carbocycles. The maximum Gasteiger partial charge on any atom is 0.131 e. The summed E-state index contributed by atoms with van der Waals surface area (Å²) < 4.78 is 14.9. The van der Waals surface area contributed by atoms with Crippen molar-refractivity contribution < 1.29 is 4.39 Å². The first-order valence-electron chi connectivity index (χ1n) is 9.59. The van der Waals surface area contributed by atoms with Crippen LogP contribution in [0.3, 0.4) is 0 Å². The summed E-state index contributed by atoms with van der Waals surface area (Å²) in [7, 11) is 0. The Kier molecular flexibility index (Phi) is 5.93. The van der Waals surface area contributed by atoms with Crippen LogP contribution in [0.5, 0.6) is 0 Å². The predicted molar refractivity (Wildman–Crippen MR) is 115 cm³/mol. The third kappa shape index (κ3) is 4.66.